The van der Waals surface area contributed by atoms with Gasteiger partial charge in [-0.1, -0.05) is 12.1 Å². The molecule has 0 aliphatic rings. The number of thioether (sulfide) groups is 1. The van der Waals surface area contributed by atoms with Crippen molar-refractivity contribution in [2.24, 2.45) is 11.5 Å². The summed E-state index contributed by atoms with van der Waals surface area (Å²) in [6.07, 6.45) is 1.70. The lowest BCUT2D eigenvalue weighted by molar-refractivity contribution is -0.114. The van der Waals surface area contributed by atoms with Gasteiger partial charge < -0.3 is 27.1 Å². The van der Waals surface area contributed by atoms with E-state index >= 15 is 0 Å². The summed E-state index contributed by atoms with van der Waals surface area (Å²) in [7, 11) is 0. The lowest BCUT2D eigenvalue weighted by atomic mass is 10.1. The Kier molecular flexibility index (Phi) is 5.71. The van der Waals surface area contributed by atoms with Gasteiger partial charge in [-0.2, -0.15) is 0 Å². The fourth-order valence-electron chi connectivity index (χ4n) is 2.33. The molecule has 0 saturated carbocycles. The maximum atomic E-state index is 12.2. The minimum Gasteiger partial charge on any atom is -0.376 e. The lowest BCUT2D eigenvalue weighted by Gasteiger charge is -2.08. The van der Waals surface area contributed by atoms with Crippen molar-refractivity contribution in [3.05, 3.63) is 41.0 Å². The summed E-state index contributed by atoms with van der Waals surface area (Å²) < 4.78 is 0. The predicted octanol–water partition coefficient (Wildman–Crippen LogP) is 1.29. The second-order valence-corrected chi connectivity index (χ2v) is 6.10. The topological polar surface area (TPSA) is 143 Å². The molecule has 1 aromatic carbocycles. The van der Waals surface area contributed by atoms with Crippen LogP contribution in [0.2, 0.25) is 0 Å². The molecule has 0 saturated heterocycles. The first-order valence-corrected chi connectivity index (χ1v) is 8.56. The number of amides is 3. The fraction of sp³-hybridized carbons (Fsp3) is 0.188. The van der Waals surface area contributed by atoms with Crippen molar-refractivity contribution in [2.45, 2.75) is 11.9 Å². The number of nitrogens with two attached hydrogens (primary N) is 2. The van der Waals surface area contributed by atoms with Crippen LogP contribution in [0, 0.1) is 6.92 Å². The standard InChI is InChI=1S/C16H19N5O3S/c1-8-4-3-5-9(6-8)19-7-10(22)20-15-11(13(17)23)12(14(18)24)16(21-15)25-2/h3-6,19,21H,7H2,1-2H3,(H2,17,23)(H2,18,24)(H,20,22). The van der Waals surface area contributed by atoms with Crippen LogP contribution < -0.4 is 22.1 Å². The summed E-state index contributed by atoms with van der Waals surface area (Å²) in [4.78, 5) is 38.3. The molecule has 0 spiro atoms. The predicted molar refractivity (Wildman–Crippen MR) is 97.9 cm³/mol. The Labute approximate surface area is 148 Å². The van der Waals surface area contributed by atoms with Gasteiger partial charge in [-0.25, -0.2) is 0 Å². The number of aromatic nitrogens is 1. The molecule has 25 heavy (non-hydrogen) atoms. The number of aryl methyl sites for hydroxylation is 1. The van der Waals surface area contributed by atoms with Crippen LogP contribution in [-0.4, -0.2) is 35.5 Å². The van der Waals surface area contributed by atoms with Gasteiger partial charge in [0.15, 0.2) is 0 Å². The molecule has 0 radical (unpaired) electrons. The van der Waals surface area contributed by atoms with Crippen molar-refractivity contribution in [2.75, 3.05) is 23.4 Å². The van der Waals surface area contributed by atoms with Gasteiger partial charge in [-0.15, -0.1) is 11.8 Å². The first kappa shape index (κ1) is 18.4. The van der Waals surface area contributed by atoms with Gasteiger partial charge in [-0.3, -0.25) is 14.4 Å². The largest absolute Gasteiger partial charge is 0.376 e. The summed E-state index contributed by atoms with van der Waals surface area (Å²) in [5.74, 6) is -2.00. The molecule has 0 bridgehead atoms. The van der Waals surface area contributed by atoms with E-state index in [0.717, 1.165) is 11.3 Å². The Balaban J connectivity index is 2.17. The minimum atomic E-state index is -0.854. The van der Waals surface area contributed by atoms with E-state index in [1.807, 2.05) is 31.2 Å². The van der Waals surface area contributed by atoms with Crippen LogP contribution in [0.3, 0.4) is 0 Å². The molecule has 3 amide bonds. The number of aromatic amines is 1. The zero-order valence-corrected chi connectivity index (χ0v) is 14.6. The van der Waals surface area contributed by atoms with E-state index in [2.05, 4.69) is 15.6 Å². The van der Waals surface area contributed by atoms with Crippen molar-refractivity contribution in [1.82, 2.24) is 4.98 Å². The molecule has 0 aliphatic heterocycles. The van der Waals surface area contributed by atoms with E-state index in [1.165, 1.54) is 11.8 Å². The highest BCUT2D eigenvalue weighted by Gasteiger charge is 2.25. The maximum absolute atomic E-state index is 12.2. The molecule has 8 nitrogen and oxygen atoms in total. The third-order valence-electron chi connectivity index (χ3n) is 3.40. The first-order valence-electron chi connectivity index (χ1n) is 7.33. The SMILES string of the molecule is CSc1[nH]c(NC(=O)CNc2cccc(C)c2)c(C(N)=O)c1C(N)=O. The van der Waals surface area contributed by atoms with E-state index in [1.54, 1.807) is 6.26 Å². The van der Waals surface area contributed by atoms with Crippen LogP contribution in [0.15, 0.2) is 29.3 Å². The van der Waals surface area contributed by atoms with Crippen molar-refractivity contribution in [3.63, 3.8) is 0 Å². The van der Waals surface area contributed by atoms with Crippen molar-refractivity contribution in [3.8, 4) is 0 Å². The van der Waals surface area contributed by atoms with Crippen LogP contribution in [0.25, 0.3) is 0 Å². The zero-order valence-electron chi connectivity index (χ0n) is 13.8. The Hall–Kier alpha value is -2.94. The first-order chi connectivity index (χ1) is 11.8. The van der Waals surface area contributed by atoms with E-state index in [-0.39, 0.29) is 23.5 Å². The molecule has 0 unspecified atom stereocenters. The van der Waals surface area contributed by atoms with Crippen LogP contribution in [-0.2, 0) is 4.79 Å². The Morgan fingerprint density at radius 3 is 2.40 bits per heavy atom. The number of carbonyl (C=O) groups excluding carboxylic acids is 3. The number of hydrogen-bond donors (Lipinski definition) is 5. The van der Waals surface area contributed by atoms with Gasteiger partial charge in [0.1, 0.15) is 5.82 Å². The molecule has 0 fully saturated rings. The normalized spacial score (nSPS) is 10.3. The number of hydrogen-bond acceptors (Lipinski definition) is 5. The molecule has 9 heteroatoms. The van der Waals surface area contributed by atoms with Crippen LogP contribution in [0.1, 0.15) is 26.3 Å². The zero-order chi connectivity index (χ0) is 18.6. The van der Waals surface area contributed by atoms with Gasteiger partial charge >= 0.3 is 0 Å². The molecule has 7 N–H and O–H groups in total. The van der Waals surface area contributed by atoms with E-state index in [4.69, 9.17) is 11.5 Å². The molecule has 0 atom stereocenters. The average Bonchev–Trinajstić information content (AvgIpc) is 2.91. The highest BCUT2D eigenvalue weighted by Crippen LogP contribution is 2.29. The van der Waals surface area contributed by atoms with Gasteiger partial charge in [0, 0.05) is 5.69 Å². The molecule has 0 aliphatic carbocycles. The fourth-order valence-corrected chi connectivity index (χ4v) is 2.94. The molecule has 1 heterocycles. The van der Waals surface area contributed by atoms with Crippen molar-refractivity contribution < 1.29 is 14.4 Å². The number of benzene rings is 1. The average molecular weight is 361 g/mol. The second kappa shape index (κ2) is 7.75. The lowest BCUT2D eigenvalue weighted by Crippen LogP contribution is -2.25. The third kappa shape index (κ3) is 4.32. The van der Waals surface area contributed by atoms with Gasteiger partial charge in [0.2, 0.25) is 5.91 Å². The Morgan fingerprint density at radius 2 is 1.84 bits per heavy atom. The number of rotatable bonds is 7. The summed E-state index contributed by atoms with van der Waals surface area (Å²) in [6.45, 7) is 1.92. The number of primary amides is 2. The summed E-state index contributed by atoms with van der Waals surface area (Å²) in [5, 5.41) is 5.89. The quantitative estimate of drug-likeness (QED) is 0.472. The summed E-state index contributed by atoms with van der Waals surface area (Å²) in [5.41, 5.74) is 12.4. The van der Waals surface area contributed by atoms with E-state index in [0.29, 0.717) is 5.03 Å². The Bertz CT molecular complexity index is 831. The van der Waals surface area contributed by atoms with E-state index < -0.39 is 17.7 Å². The molecule has 1 aromatic heterocycles. The Morgan fingerprint density at radius 1 is 1.16 bits per heavy atom. The highest BCUT2D eigenvalue weighted by atomic mass is 32.2. The van der Waals surface area contributed by atoms with Gasteiger partial charge in [0.25, 0.3) is 11.8 Å². The van der Waals surface area contributed by atoms with Crippen LogP contribution >= 0.6 is 11.8 Å². The number of carbonyl (C=O) groups is 3. The summed E-state index contributed by atoms with van der Waals surface area (Å²) in [6, 6.07) is 7.54. The third-order valence-corrected chi connectivity index (χ3v) is 4.11. The monoisotopic (exact) mass is 361 g/mol. The van der Waals surface area contributed by atoms with Crippen molar-refractivity contribution in [1.29, 1.82) is 0 Å². The second-order valence-electron chi connectivity index (χ2n) is 5.28. The molecular formula is C16H19N5O3S. The number of H-pyrrole nitrogens is 1. The molecular weight excluding hydrogens is 342 g/mol. The molecule has 2 rings (SSSR count). The van der Waals surface area contributed by atoms with Crippen LogP contribution in [0.4, 0.5) is 11.5 Å². The highest BCUT2D eigenvalue weighted by molar-refractivity contribution is 7.98. The number of nitrogens with one attached hydrogen (secondary N) is 3. The van der Waals surface area contributed by atoms with Crippen LogP contribution in [0.5, 0.6) is 0 Å². The molecule has 132 valence electrons. The molecule has 2 aromatic rings. The van der Waals surface area contributed by atoms with Crippen molar-refractivity contribution >= 4 is 41.0 Å². The maximum Gasteiger partial charge on any atom is 0.253 e. The van der Waals surface area contributed by atoms with Gasteiger partial charge in [0.05, 0.1) is 22.7 Å². The van der Waals surface area contributed by atoms with Gasteiger partial charge in [-0.05, 0) is 30.9 Å². The van der Waals surface area contributed by atoms with E-state index in [9.17, 15) is 14.4 Å². The summed E-state index contributed by atoms with van der Waals surface area (Å²) >= 11 is 1.18. The minimum absolute atomic E-state index is 0.0260. The smallest absolute Gasteiger partial charge is 0.253 e. The number of anilines is 2.